The van der Waals surface area contributed by atoms with Crippen LogP contribution in [0.3, 0.4) is 0 Å². The average Bonchev–Trinajstić information content (AvgIpc) is 3.72. The standard InChI is InChI=1S/C36H42F3N7O5S/c1-4-50-31(47)11-9-7-5-6-8-10-18-46-22-26(20-42-46)28-21-41-35(40)32-33(43-45(3)34(28)32)25-14-17-29(44-52(48,49)36(38)39)30(19-25)51-23(2)24-12-15-27(37)16-13-24/h12-17,19-23,36,44H,4-11,18H2,1-3H3,(H2,40,41). The van der Waals surface area contributed by atoms with Crippen molar-refractivity contribution in [1.82, 2.24) is 24.5 Å². The summed E-state index contributed by atoms with van der Waals surface area (Å²) in [4.78, 5) is 15.9. The molecule has 3 aromatic heterocycles. The van der Waals surface area contributed by atoms with E-state index in [4.69, 9.17) is 20.3 Å². The molecule has 5 aromatic rings. The van der Waals surface area contributed by atoms with Crippen LogP contribution >= 0.6 is 0 Å². The molecule has 3 heterocycles. The number of carbonyl (C=O) groups excluding carboxylic acids is 1. The Kier molecular flexibility index (Phi) is 12.4. The molecule has 0 aliphatic heterocycles. The number of aryl methyl sites for hydroxylation is 2. The van der Waals surface area contributed by atoms with Crippen molar-refractivity contribution < 1.29 is 35.9 Å². The molecular formula is C36H42F3N7O5S. The highest BCUT2D eigenvalue weighted by Crippen LogP contribution is 2.40. The number of nitrogen functional groups attached to an aromatic ring is 1. The van der Waals surface area contributed by atoms with E-state index in [1.807, 2.05) is 15.6 Å². The molecule has 2 aromatic carbocycles. The third kappa shape index (κ3) is 9.21. The molecule has 0 saturated heterocycles. The van der Waals surface area contributed by atoms with Gasteiger partial charge in [-0.3, -0.25) is 18.9 Å². The number of benzene rings is 2. The second kappa shape index (κ2) is 16.9. The summed E-state index contributed by atoms with van der Waals surface area (Å²) in [7, 11) is -3.28. The lowest BCUT2D eigenvalue weighted by Crippen LogP contribution is -2.21. The van der Waals surface area contributed by atoms with E-state index in [1.165, 1.54) is 42.5 Å². The SMILES string of the molecule is CCOC(=O)CCCCCCCCn1cc(-c2cnc(N)c3c(-c4ccc(NS(=O)(=O)C(F)F)c(OC(C)c5ccc(F)cc5)c4)nn(C)c23)cn1. The fourth-order valence-electron chi connectivity index (χ4n) is 5.90. The number of ether oxygens (including phenoxy) is 2. The number of unbranched alkanes of at least 4 members (excludes halogenated alkanes) is 5. The monoisotopic (exact) mass is 741 g/mol. The number of anilines is 2. The van der Waals surface area contributed by atoms with Crippen LogP contribution in [0.5, 0.6) is 5.75 Å². The van der Waals surface area contributed by atoms with Crippen molar-refractivity contribution in [3.63, 3.8) is 0 Å². The van der Waals surface area contributed by atoms with Gasteiger partial charge in [-0.1, -0.05) is 43.9 Å². The molecule has 0 fully saturated rings. The molecule has 5 rings (SSSR count). The minimum atomic E-state index is -5.03. The first kappa shape index (κ1) is 38.1. The Balaban J connectivity index is 1.37. The van der Waals surface area contributed by atoms with Crippen molar-refractivity contribution in [2.45, 2.75) is 77.2 Å². The quantitative estimate of drug-likeness (QED) is 0.0681. The molecule has 3 N–H and O–H groups in total. The maximum atomic E-state index is 13.6. The molecule has 0 aliphatic rings. The molecule has 1 unspecified atom stereocenters. The van der Waals surface area contributed by atoms with Gasteiger partial charge < -0.3 is 15.2 Å². The zero-order valence-corrected chi connectivity index (χ0v) is 30.0. The van der Waals surface area contributed by atoms with Gasteiger partial charge in [0.05, 0.1) is 29.4 Å². The Labute approximate surface area is 300 Å². The fraction of sp³-hybridized carbons (Fsp3) is 0.389. The highest BCUT2D eigenvalue weighted by Gasteiger charge is 2.27. The fourth-order valence-corrected chi connectivity index (χ4v) is 6.46. The summed E-state index contributed by atoms with van der Waals surface area (Å²) in [5.74, 6) is -4.13. The third-order valence-corrected chi connectivity index (χ3v) is 9.52. The normalized spacial score (nSPS) is 12.4. The van der Waals surface area contributed by atoms with Gasteiger partial charge in [0.2, 0.25) is 0 Å². The zero-order chi connectivity index (χ0) is 37.4. The van der Waals surface area contributed by atoms with E-state index in [1.54, 1.807) is 38.0 Å². The number of nitrogens with zero attached hydrogens (tertiary/aromatic N) is 5. The summed E-state index contributed by atoms with van der Waals surface area (Å²) in [6, 6.07) is 9.83. The number of alkyl halides is 2. The zero-order valence-electron chi connectivity index (χ0n) is 29.2. The smallest absolute Gasteiger partial charge is 0.355 e. The van der Waals surface area contributed by atoms with Gasteiger partial charge in [0, 0.05) is 49.1 Å². The first-order chi connectivity index (χ1) is 24.9. The molecule has 0 amide bonds. The van der Waals surface area contributed by atoms with Gasteiger partial charge in [0.1, 0.15) is 29.2 Å². The second-order valence-electron chi connectivity index (χ2n) is 12.4. The molecule has 0 radical (unpaired) electrons. The molecule has 16 heteroatoms. The van der Waals surface area contributed by atoms with Crippen molar-refractivity contribution in [1.29, 1.82) is 0 Å². The maximum absolute atomic E-state index is 13.6. The molecule has 0 bridgehead atoms. The van der Waals surface area contributed by atoms with E-state index in [0.717, 1.165) is 56.2 Å². The highest BCUT2D eigenvalue weighted by molar-refractivity contribution is 7.93. The van der Waals surface area contributed by atoms with Crippen LogP contribution in [0.2, 0.25) is 0 Å². The van der Waals surface area contributed by atoms with Gasteiger partial charge in [-0.2, -0.15) is 19.0 Å². The predicted molar refractivity (Wildman–Crippen MR) is 193 cm³/mol. The van der Waals surface area contributed by atoms with E-state index in [-0.39, 0.29) is 23.2 Å². The number of hydrogen-bond acceptors (Lipinski definition) is 9. The molecular weight excluding hydrogens is 700 g/mol. The maximum Gasteiger partial charge on any atom is 0.355 e. The van der Waals surface area contributed by atoms with Crippen LogP contribution in [0.25, 0.3) is 33.3 Å². The minimum Gasteiger partial charge on any atom is -0.484 e. The van der Waals surface area contributed by atoms with E-state index in [2.05, 4.69) is 10.1 Å². The molecule has 0 aliphatic carbocycles. The topological polar surface area (TPSA) is 156 Å². The van der Waals surface area contributed by atoms with Gasteiger partial charge in [-0.05, 0) is 56.5 Å². The van der Waals surface area contributed by atoms with E-state index in [9.17, 15) is 26.4 Å². The van der Waals surface area contributed by atoms with Crippen LogP contribution in [0.15, 0.2) is 61.1 Å². The predicted octanol–water partition coefficient (Wildman–Crippen LogP) is 7.62. The Morgan fingerprint density at radius 1 is 1.00 bits per heavy atom. The number of carbonyl (C=O) groups is 1. The van der Waals surface area contributed by atoms with Crippen molar-refractivity contribution in [2.75, 3.05) is 17.1 Å². The molecule has 0 saturated carbocycles. The number of nitrogens with one attached hydrogen (secondary N) is 1. The lowest BCUT2D eigenvalue weighted by Gasteiger charge is -2.19. The van der Waals surface area contributed by atoms with Crippen LogP contribution in [0, 0.1) is 5.82 Å². The molecule has 278 valence electrons. The van der Waals surface area contributed by atoms with Gasteiger partial charge in [-0.15, -0.1) is 0 Å². The molecule has 12 nitrogen and oxygen atoms in total. The second-order valence-corrected chi connectivity index (χ2v) is 14.0. The number of fused-ring (bicyclic) bond motifs is 1. The Bertz CT molecular complexity index is 2100. The van der Waals surface area contributed by atoms with Gasteiger partial charge >= 0.3 is 11.7 Å². The average molecular weight is 742 g/mol. The Morgan fingerprint density at radius 3 is 2.42 bits per heavy atom. The summed E-state index contributed by atoms with van der Waals surface area (Å²) in [6.45, 7) is 4.60. The molecule has 0 spiro atoms. The number of esters is 1. The number of aromatic nitrogens is 5. The van der Waals surface area contributed by atoms with Gasteiger partial charge in [0.15, 0.2) is 0 Å². The number of sulfonamides is 1. The van der Waals surface area contributed by atoms with E-state index < -0.39 is 27.7 Å². The van der Waals surface area contributed by atoms with Crippen LogP contribution in [0.1, 0.15) is 70.5 Å². The Morgan fingerprint density at radius 2 is 1.71 bits per heavy atom. The molecule has 1 atom stereocenters. The van der Waals surface area contributed by atoms with Crippen LogP contribution in [0.4, 0.5) is 24.7 Å². The first-order valence-corrected chi connectivity index (χ1v) is 18.6. The minimum absolute atomic E-state index is 0.0574. The van der Waals surface area contributed by atoms with E-state index >= 15 is 0 Å². The summed E-state index contributed by atoms with van der Waals surface area (Å²) < 4.78 is 81.0. The number of nitrogens with two attached hydrogens (primary N) is 1. The van der Waals surface area contributed by atoms with Gasteiger partial charge in [0.25, 0.3) is 10.0 Å². The number of pyridine rings is 1. The van der Waals surface area contributed by atoms with Gasteiger partial charge in [-0.25, -0.2) is 17.8 Å². The van der Waals surface area contributed by atoms with Crippen molar-refractivity contribution in [2.24, 2.45) is 7.05 Å². The lowest BCUT2D eigenvalue weighted by molar-refractivity contribution is -0.143. The summed E-state index contributed by atoms with van der Waals surface area (Å²) in [6.07, 6.45) is 11.0. The summed E-state index contributed by atoms with van der Waals surface area (Å²) in [5.41, 5.74) is 9.85. The van der Waals surface area contributed by atoms with Crippen LogP contribution < -0.4 is 15.2 Å². The van der Waals surface area contributed by atoms with Crippen molar-refractivity contribution in [3.8, 4) is 28.1 Å². The summed E-state index contributed by atoms with van der Waals surface area (Å²) in [5, 5.41) is 9.81. The summed E-state index contributed by atoms with van der Waals surface area (Å²) >= 11 is 0. The number of hydrogen-bond donors (Lipinski definition) is 2. The van der Waals surface area contributed by atoms with Crippen LogP contribution in [-0.2, 0) is 33.1 Å². The Hall–Kier alpha value is -5.12. The number of halogens is 3. The van der Waals surface area contributed by atoms with E-state index in [0.29, 0.717) is 40.8 Å². The van der Waals surface area contributed by atoms with Crippen molar-refractivity contribution in [3.05, 3.63) is 72.4 Å². The molecule has 52 heavy (non-hydrogen) atoms. The number of rotatable bonds is 18. The lowest BCUT2D eigenvalue weighted by atomic mass is 10.0. The first-order valence-electron chi connectivity index (χ1n) is 17.0. The third-order valence-electron chi connectivity index (χ3n) is 8.54. The highest BCUT2D eigenvalue weighted by atomic mass is 32.2. The largest absolute Gasteiger partial charge is 0.484 e. The van der Waals surface area contributed by atoms with Crippen molar-refractivity contribution >= 4 is 38.4 Å². The van der Waals surface area contributed by atoms with Crippen LogP contribution in [-0.4, -0.2) is 51.3 Å².